The summed E-state index contributed by atoms with van der Waals surface area (Å²) in [6.07, 6.45) is 0. The summed E-state index contributed by atoms with van der Waals surface area (Å²) in [7, 11) is -3.59. The molecule has 19 heavy (non-hydrogen) atoms. The Kier molecular flexibility index (Phi) is 5.78. The van der Waals surface area contributed by atoms with Crippen LogP contribution in [0.1, 0.15) is 20.8 Å². The van der Waals surface area contributed by atoms with Crippen molar-refractivity contribution in [1.29, 1.82) is 0 Å². The third-order valence-electron chi connectivity index (χ3n) is 2.35. The van der Waals surface area contributed by atoms with Crippen LogP contribution < -0.4 is 9.46 Å². The van der Waals surface area contributed by atoms with Crippen LogP contribution in [0, 0.1) is 5.92 Å². The molecule has 6 heteroatoms. The van der Waals surface area contributed by atoms with Gasteiger partial charge in [0.05, 0.1) is 18.1 Å². The van der Waals surface area contributed by atoms with E-state index in [0.717, 1.165) is 0 Å². The first kappa shape index (κ1) is 15.9. The standard InChI is InChI=1S/C13H21NO4S/c1-10(2)9-18-12-4-6-13(7-5-12)19(16,17)14-11(3)8-15/h4-7,10-11,14-15H,8-9H2,1-3H3/t11-/m0/s1. The monoisotopic (exact) mass is 287 g/mol. The number of aliphatic hydroxyl groups is 1. The number of aliphatic hydroxyl groups excluding tert-OH is 1. The maximum absolute atomic E-state index is 11.9. The average Bonchev–Trinajstić information content (AvgIpc) is 2.36. The number of benzene rings is 1. The van der Waals surface area contributed by atoms with E-state index in [-0.39, 0.29) is 11.5 Å². The Balaban J connectivity index is 2.75. The molecule has 1 aromatic carbocycles. The quantitative estimate of drug-likeness (QED) is 0.794. The van der Waals surface area contributed by atoms with Crippen molar-refractivity contribution < 1.29 is 18.3 Å². The van der Waals surface area contributed by atoms with Gasteiger partial charge in [-0.1, -0.05) is 13.8 Å². The van der Waals surface area contributed by atoms with Crippen molar-refractivity contribution in [2.45, 2.75) is 31.7 Å². The third kappa shape index (κ3) is 5.18. The molecule has 108 valence electrons. The molecule has 0 aliphatic heterocycles. The normalized spacial score (nSPS) is 13.5. The molecule has 0 saturated carbocycles. The lowest BCUT2D eigenvalue weighted by Gasteiger charge is -2.12. The third-order valence-corrected chi connectivity index (χ3v) is 3.95. The van der Waals surface area contributed by atoms with Crippen LogP contribution in [-0.2, 0) is 10.0 Å². The highest BCUT2D eigenvalue weighted by Gasteiger charge is 2.16. The fraction of sp³-hybridized carbons (Fsp3) is 0.538. The summed E-state index contributed by atoms with van der Waals surface area (Å²) in [5.74, 6) is 1.05. The fourth-order valence-electron chi connectivity index (χ4n) is 1.35. The summed E-state index contributed by atoms with van der Waals surface area (Å²) in [6, 6.07) is 5.72. The van der Waals surface area contributed by atoms with Crippen LogP contribution in [0.3, 0.4) is 0 Å². The van der Waals surface area contributed by atoms with Crippen LogP contribution >= 0.6 is 0 Å². The van der Waals surface area contributed by atoms with Crippen LogP contribution in [-0.4, -0.2) is 32.8 Å². The molecular formula is C13H21NO4S. The predicted molar refractivity (Wildman–Crippen MR) is 73.6 cm³/mol. The molecule has 1 atom stereocenters. The molecule has 0 heterocycles. The van der Waals surface area contributed by atoms with E-state index in [9.17, 15) is 8.42 Å². The van der Waals surface area contributed by atoms with Crippen LogP contribution in [0.2, 0.25) is 0 Å². The minimum absolute atomic E-state index is 0.157. The molecule has 0 aliphatic carbocycles. The van der Waals surface area contributed by atoms with Crippen LogP contribution in [0.25, 0.3) is 0 Å². The molecule has 2 N–H and O–H groups in total. The van der Waals surface area contributed by atoms with E-state index < -0.39 is 16.1 Å². The van der Waals surface area contributed by atoms with Crippen molar-refractivity contribution in [3.05, 3.63) is 24.3 Å². The molecule has 0 saturated heterocycles. The zero-order valence-electron chi connectivity index (χ0n) is 11.5. The first-order valence-electron chi connectivity index (χ1n) is 6.21. The van der Waals surface area contributed by atoms with Gasteiger partial charge in [0.2, 0.25) is 10.0 Å². The fourth-order valence-corrected chi connectivity index (χ4v) is 2.58. The van der Waals surface area contributed by atoms with Gasteiger partial charge in [0.15, 0.2) is 0 Å². The smallest absolute Gasteiger partial charge is 0.240 e. The second-order valence-electron chi connectivity index (χ2n) is 4.88. The van der Waals surface area contributed by atoms with Crippen molar-refractivity contribution in [3.63, 3.8) is 0 Å². The van der Waals surface area contributed by atoms with E-state index >= 15 is 0 Å². The number of hydrogen-bond acceptors (Lipinski definition) is 4. The van der Waals surface area contributed by atoms with Crippen molar-refractivity contribution in [3.8, 4) is 5.75 Å². The molecule has 0 aromatic heterocycles. The van der Waals surface area contributed by atoms with Gasteiger partial charge in [-0.3, -0.25) is 0 Å². The van der Waals surface area contributed by atoms with Crippen molar-refractivity contribution in [1.82, 2.24) is 4.72 Å². The van der Waals surface area contributed by atoms with Gasteiger partial charge in [-0.15, -0.1) is 0 Å². The average molecular weight is 287 g/mol. The molecule has 0 radical (unpaired) electrons. The Morgan fingerprint density at radius 3 is 2.26 bits per heavy atom. The molecule has 0 fully saturated rings. The van der Waals surface area contributed by atoms with Gasteiger partial charge in [-0.25, -0.2) is 13.1 Å². The molecule has 0 bridgehead atoms. The molecular weight excluding hydrogens is 266 g/mol. The second-order valence-corrected chi connectivity index (χ2v) is 6.60. The van der Waals surface area contributed by atoms with Crippen molar-refractivity contribution in [2.75, 3.05) is 13.2 Å². The Bertz CT molecular complexity index is 482. The summed E-state index contributed by atoms with van der Waals surface area (Å²) < 4.78 is 31.7. The van der Waals surface area contributed by atoms with Gasteiger partial charge in [0.25, 0.3) is 0 Å². The maximum Gasteiger partial charge on any atom is 0.240 e. The van der Waals surface area contributed by atoms with Crippen molar-refractivity contribution in [2.24, 2.45) is 5.92 Å². The van der Waals surface area contributed by atoms with Crippen LogP contribution in [0.15, 0.2) is 29.2 Å². The van der Waals surface area contributed by atoms with Gasteiger partial charge >= 0.3 is 0 Å². The molecule has 5 nitrogen and oxygen atoms in total. The topological polar surface area (TPSA) is 75.6 Å². The van der Waals surface area contributed by atoms with Crippen LogP contribution in [0.5, 0.6) is 5.75 Å². The van der Waals surface area contributed by atoms with Gasteiger partial charge in [0, 0.05) is 6.04 Å². The number of rotatable bonds is 7. The molecule has 0 amide bonds. The minimum Gasteiger partial charge on any atom is -0.493 e. The summed E-state index contributed by atoms with van der Waals surface area (Å²) in [5, 5.41) is 8.86. The van der Waals surface area contributed by atoms with E-state index in [2.05, 4.69) is 4.72 Å². The zero-order chi connectivity index (χ0) is 14.5. The molecule has 1 rings (SSSR count). The highest BCUT2D eigenvalue weighted by molar-refractivity contribution is 7.89. The lowest BCUT2D eigenvalue weighted by Crippen LogP contribution is -2.34. The molecule has 1 aromatic rings. The first-order chi connectivity index (χ1) is 8.85. The highest BCUT2D eigenvalue weighted by atomic mass is 32.2. The van der Waals surface area contributed by atoms with Crippen molar-refractivity contribution >= 4 is 10.0 Å². The van der Waals surface area contributed by atoms with Gasteiger partial charge < -0.3 is 9.84 Å². The summed E-state index contributed by atoms with van der Waals surface area (Å²) in [4.78, 5) is 0.157. The highest BCUT2D eigenvalue weighted by Crippen LogP contribution is 2.16. The number of hydrogen-bond donors (Lipinski definition) is 2. The summed E-state index contributed by atoms with van der Waals surface area (Å²) in [5.41, 5.74) is 0. The largest absolute Gasteiger partial charge is 0.493 e. The lowest BCUT2D eigenvalue weighted by atomic mass is 10.2. The maximum atomic E-state index is 11.9. The molecule has 0 aliphatic rings. The lowest BCUT2D eigenvalue weighted by molar-refractivity contribution is 0.265. The number of sulfonamides is 1. The van der Waals surface area contributed by atoms with Gasteiger partial charge in [-0.05, 0) is 37.1 Å². The van der Waals surface area contributed by atoms with Gasteiger partial charge in [-0.2, -0.15) is 0 Å². The van der Waals surface area contributed by atoms with E-state index in [1.165, 1.54) is 12.1 Å². The minimum atomic E-state index is -3.59. The zero-order valence-corrected chi connectivity index (χ0v) is 12.3. The molecule has 0 unspecified atom stereocenters. The van der Waals surface area contributed by atoms with E-state index in [1.54, 1.807) is 19.1 Å². The van der Waals surface area contributed by atoms with E-state index in [4.69, 9.17) is 9.84 Å². The van der Waals surface area contributed by atoms with Gasteiger partial charge in [0.1, 0.15) is 5.75 Å². The van der Waals surface area contributed by atoms with Crippen LogP contribution in [0.4, 0.5) is 0 Å². The Morgan fingerprint density at radius 2 is 1.79 bits per heavy atom. The van der Waals surface area contributed by atoms with E-state index in [0.29, 0.717) is 18.3 Å². The summed E-state index contributed by atoms with van der Waals surface area (Å²) >= 11 is 0. The molecule has 0 spiro atoms. The summed E-state index contributed by atoms with van der Waals surface area (Å²) in [6.45, 7) is 6.02. The Hall–Kier alpha value is -1.11. The number of ether oxygens (including phenoxy) is 1. The first-order valence-corrected chi connectivity index (χ1v) is 7.69. The Labute approximate surface area is 114 Å². The number of nitrogens with one attached hydrogen (secondary N) is 1. The SMILES string of the molecule is CC(C)COc1ccc(S(=O)(=O)N[C@@H](C)CO)cc1. The Morgan fingerprint density at radius 1 is 1.21 bits per heavy atom. The second kappa shape index (κ2) is 6.88. The van der Waals surface area contributed by atoms with E-state index in [1.807, 2.05) is 13.8 Å². The predicted octanol–water partition coefficient (Wildman–Crippen LogP) is 1.38.